The van der Waals surface area contributed by atoms with Gasteiger partial charge in [-0.05, 0) is 39.3 Å². The highest BCUT2D eigenvalue weighted by Crippen LogP contribution is 2.35. The molecule has 0 atom stereocenters. The molecule has 2 aromatic rings. The van der Waals surface area contributed by atoms with Crippen LogP contribution in [0.25, 0.3) is 11.3 Å². The highest BCUT2D eigenvalue weighted by atomic mass is 32.2. The number of rotatable bonds is 6. The summed E-state index contributed by atoms with van der Waals surface area (Å²) < 4.78 is 57.7. The van der Waals surface area contributed by atoms with Crippen LogP contribution in [0.4, 0.5) is 17.6 Å². The van der Waals surface area contributed by atoms with Crippen LogP contribution in [-0.2, 0) is 6.54 Å². The van der Waals surface area contributed by atoms with E-state index >= 15 is 0 Å². The summed E-state index contributed by atoms with van der Waals surface area (Å²) in [6.45, 7) is 2.10. The first kappa shape index (κ1) is 20.4. The highest BCUT2D eigenvalue weighted by molar-refractivity contribution is 7.98. The summed E-state index contributed by atoms with van der Waals surface area (Å²) >= 11 is 1.32. The van der Waals surface area contributed by atoms with Crippen molar-refractivity contribution in [3.05, 3.63) is 29.8 Å². The quantitative estimate of drug-likeness (QED) is 0.460. The Labute approximate surface area is 152 Å². The predicted octanol–water partition coefficient (Wildman–Crippen LogP) is 3.84. The standard InChI is InChI=1S/C16H18F4N4OS/c1-15(2,16(18,19)20)25-13-11(17)5-9(7-22-13)12-6-10(8-21-3)23-14(24-12)26-4/h5-7,21H,8H2,1-4H3. The smallest absolute Gasteiger partial charge is 0.427 e. The summed E-state index contributed by atoms with van der Waals surface area (Å²) in [5, 5.41) is 3.45. The Morgan fingerprint density at radius 2 is 1.88 bits per heavy atom. The van der Waals surface area contributed by atoms with Gasteiger partial charge in [-0.3, -0.25) is 0 Å². The topological polar surface area (TPSA) is 59.9 Å². The first-order chi connectivity index (χ1) is 12.1. The maximum Gasteiger partial charge on any atom is 0.427 e. The summed E-state index contributed by atoms with van der Waals surface area (Å²) in [5.41, 5.74) is -1.14. The Kier molecular flexibility index (Phi) is 6.07. The Hall–Kier alpha value is -1.94. The van der Waals surface area contributed by atoms with Gasteiger partial charge in [0.05, 0.1) is 11.4 Å². The largest absolute Gasteiger partial charge is 0.460 e. The van der Waals surface area contributed by atoms with Crippen LogP contribution in [0.15, 0.2) is 23.5 Å². The SMILES string of the molecule is CNCc1cc(-c2cnc(OC(C)(C)C(F)(F)F)c(F)c2)nc(SC)n1. The third-order valence-electron chi connectivity index (χ3n) is 3.44. The first-order valence-electron chi connectivity index (χ1n) is 7.55. The molecule has 2 heterocycles. The van der Waals surface area contributed by atoms with Gasteiger partial charge in [-0.1, -0.05) is 11.8 Å². The van der Waals surface area contributed by atoms with E-state index in [9.17, 15) is 17.6 Å². The molecular formula is C16H18F4N4OS. The van der Waals surface area contributed by atoms with Gasteiger partial charge in [0.25, 0.3) is 5.88 Å². The second-order valence-corrected chi connectivity index (χ2v) is 6.66. The third kappa shape index (κ3) is 4.61. The zero-order chi connectivity index (χ0) is 19.5. The van der Waals surface area contributed by atoms with E-state index in [0.717, 1.165) is 19.9 Å². The van der Waals surface area contributed by atoms with Crippen LogP contribution in [0.2, 0.25) is 0 Å². The lowest BCUT2D eigenvalue weighted by Gasteiger charge is -2.28. The minimum absolute atomic E-state index is 0.315. The lowest BCUT2D eigenvalue weighted by molar-refractivity contribution is -0.235. The minimum atomic E-state index is -4.66. The Morgan fingerprint density at radius 1 is 1.19 bits per heavy atom. The summed E-state index contributed by atoms with van der Waals surface area (Å²) in [5.74, 6) is -1.72. The molecule has 2 aromatic heterocycles. The van der Waals surface area contributed by atoms with E-state index in [1.807, 2.05) is 0 Å². The van der Waals surface area contributed by atoms with Gasteiger partial charge in [0.2, 0.25) is 0 Å². The van der Waals surface area contributed by atoms with E-state index in [0.29, 0.717) is 28.7 Å². The molecule has 26 heavy (non-hydrogen) atoms. The van der Waals surface area contributed by atoms with Gasteiger partial charge in [-0.25, -0.2) is 19.3 Å². The third-order valence-corrected chi connectivity index (χ3v) is 3.98. The second kappa shape index (κ2) is 7.75. The van der Waals surface area contributed by atoms with Crippen molar-refractivity contribution in [2.24, 2.45) is 0 Å². The first-order valence-corrected chi connectivity index (χ1v) is 8.78. The van der Waals surface area contributed by atoms with Crippen molar-refractivity contribution < 1.29 is 22.3 Å². The Balaban J connectivity index is 2.37. The fraction of sp³-hybridized carbons (Fsp3) is 0.438. The maximum absolute atomic E-state index is 14.3. The lowest BCUT2D eigenvalue weighted by atomic mass is 10.1. The van der Waals surface area contributed by atoms with Crippen molar-refractivity contribution in [3.63, 3.8) is 0 Å². The van der Waals surface area contributed by atoms with Crippen LogP contribution in [-0.4, -0.2) is 40.0 Å². The monoisotopic (exact) mass is 390 g/mol. The number of pyridine rings is 1. The van der Waals surface area contributed by atoms with Gasteiger partial charge in [0, 0.05) is 18.3 Å². The Bertz CT molecular complexity index is 783. The number of hydrogen-bond donors (Lipinski definition) is 1. The number of ether oxygens (including phenoxy) is 1. The van der Waals surface area contributed by atoms with Gasteiger partial charge < -0.3 is 10.1 Å². The Morgan fingerprint density at radius 3 is 2.42 bits per heavy atom. The van der Waals surface area contributed by atoms with E-state index in [1.165, 1.54) is 18.0 Å². The zero-order valence-electron chi connectivity index (χ0n) is 14.6. The molecule has 0 spiro atoms. The predicted molar refractivity (Wildman–Crippen MR) is 90.5 cm³/mol. The van der Waals surface area contributed by atoms with Crippen molar-refractivity contribution in [1.82, 2.24) is 20.3 Å². The lowest BCUT2D eigenvalue weighted by Crippen LogP contribution is -2.45. The average molecular weight is 390 g/mol. The molecule has 0 saturated heterocycles. The summed E-state index contributed by atoms with van der Waals surface area (Å²) in [7, 11) is 1.76. The molecule has 1 N–H and O–H groups in total. The number of nitrogens with zero attached hydrogens (tertiary/aromatic N) is 3. The van der Waals surface area contributed by atoms with Gasteiger partial charge in [-0.15, -0.1) is 0 Å². The average Bonchev–Trinajstić information content (AvgIpc) is 2.55. The summed E-state index contributed by atoms with van der Waals surface area (Å²) in [6.07, 6.45) is -1.64. The molecule has 0 aliphatic heterocycles. The van der Waals surface area contributed by atoms with E-state index in [2.05, 4.69) is 20.3 Å². The summed E-state index contributed by atoms with van der Waals surface area (Å²) in [4.78, 5) is 12.3. The van der Waals surface area contributed by atoms with E-state index in [1.54, 1.807) is 19.4 Å². The summed E-state index contributed by atoms with van der Waals surface area (Å²) in [6, 6.07) is 2.71. The molecule has 142 valence electrons. The number of nitrogens with one attached hydrogen (secondary N) is 1. The van der Waals surface area contributed by atoms with E-state index in [-0.39, 0.29) is 0 Å². The van der Waals surface area contributed by atoms with Crippen LogP contribution in [0, 0.1) is 5.82 Å². The molecule has 0 aliphatic carbocycles. The molecule has 0 aliphatic rings. The fourth-order valence-corrected chi connectivity index (χ4v) is 2.32. The van der Waals surface area contributed by atoms with Crippen LogP contribution < -0.4 is 10.1 Å². The molecule has 0 fully saturated rings. The van der Waals surface area contributed by atoms with E-state index < -0.39 is 23.5 Å². The molecule has 0 saturated carbocycles. The van der Waals surface area contributed by atoms with E-state index in [4.69, 9.17) is 4.74 Å². The molecule has 0 bridgehead atoms. The number of halogens is 4. The second-order valence-electron chi connectivity index (χ2n) is 5.88. The molecule has 0 aromatic carbocycles. The van der Waals surface area contributed by atoms with Crippen molar-refractivity contribution in [3.8, 4) is 17.1 Å². The molecule has 0 radical (unpaired) electrons. The molecular weight excluding hydrogens is 372 g/mol. The van der Waals surface area contributed by atoms with Gasteiger partial charge in [0.15, 0.2) is 16.6 Å². The molecule has 10 heteroatoms. The fourth-order valence-electron chi connectivity index (χ4n) is 1.92. The van der Waals surface area contributed by atoms with Gasteiger partial charge >= 0.3 is 6.18 Å². The van der Waals surface area contributed by atoms with Gasteiger partial charge in [-0.2, -0.15) is 13.2 Å². The van der Waals surface area contributed by atoms with Crippen molar-refractivity contribution in [2.75, 3.05) is 13.3 Å². The van der Waals surface area contributed by atoms with Gasteiger partial charge in [0.1, 0.15) is 0 Å². The van der Waals surface area contributed by atoms with Crippen LogP contribution in [0.5, 0.6) is 5.88 Å². The highest BCUT2D eigenvalue weighted by Gasteiger charge is 2.50. The van der Waals surface area contributed by atoms with Crippen molar-refractivity contribution in [1.29, 1.82) is 0 Å². The van der Waals surface area contributed by atoms with Crippen LogP contribution in [0.1, 0.15) is 19.5 Å². The van der Waals surface area contributed by atoms with Crippen LogP contribution >= 0.6 is 11.8 Å². The zero-order valence-corrected chi connectivity index (χ0v) is 15.4. The normalized spacial score (nSPS) is 12.3. The maximum atomic E-state index is 14.3. The molecule has 5 nitrogen and oxygen atoms in total. The molecule has 0 unspecified atom stereocenters. The number of hydrogen-bond acceptors (Lipinski definition) is 6. The van der Waals surface area contributed by atoms with Crippen molar-refractivity contribution >= 4 is 11.8 Å². The number of thioether (sulfide) groups is 1. The van der Waals surface area contributed by atoms with Crippen molar-refractivity contribution in [2.45, 2.75) is 37.3 Å². The molecule has 0 amide bonds. The number of aromatic nitrogens is 3. The molecule has 2 rings (SSSR count). The van der Waals surface area contributed by atoms with Crippen LogP contribution in [0.3, 0.4) is 0 Å². The number of alkyl halides is 3. The minimum Gasteiger partial charge on any atom is -0.460 e.